The molecule has 1 aromatic heterocycles. The Bertz CT molecular complexity index is 1410. The molecule has 4 aromatic rings. The summed E-state index contributed by atoms with van der Waals surface area (Å²) in [5, 5.41) is 0.987. The highest BCUT2D eigenvalue weighted by Crippen LogP contribution is 2.45. The normalized spacial score (nSPS) is 11.9. The molecule has 0 saturated heterocycles. The number of ether oxygens (including phenoxy) is 1. The molecule has 172 valence electrons. The van der Waals surface area contributed by atoms with Crippen LogP contribution in [0.15, 0.2) is 76.1 Å². The van der Waals surface area contributed by atoms with E-state index in [9.17, 15) is 12.8 Å². The van der Waals surface area contributed by atoms with Crippen LogP contribution in [0.2, 0.25) is 5.02 Å². The van der Waals surface area contributed by atoms with Crippen LogP contribution in [0, 0.1) is 5.82 Å². The van der Waals surface area contributed by atoms with Crippen molar-refractivity contribution in [3.8, 4) is 17.0 Å². The van der Waals surface area contributed by atoms with Gasteiger partial charge in [-0.1, -0.05) is 41.9 Å². The largest absolute Gasteiger partial charge is 0.489 e. The van der Waals surface area contributed by atoms with E-state index in [0.717, 1.165) is 12.1 Å². The lowest BCUT2D eigenvalue weighted by Crippen LogP contribution is -2.19. The molecule has 5 nitrogen and oxygen atoms in total. The highest BCUT2D eigenvalue weighted by Gasteiger charge is 2.30. The number of nitrogens with zero attached hydrogens (tertiary/aromatic N) is 2. The van der Waals surface area contributed by atoms with Crippen LogP contribution in [0.4, 0.5) is 4.39 Å². The summed E-state index contributed by atoms with van der Waals surface area (Å²) >= 11 is 9.84. The molecule has 0 aliphatic heterocycles. The summed E-state index contributed by atoms with van der Waals surface area (Å²) in [6.45, 7) is 0.972. The molecule has 0 aliphatic carbocycles. The lowest BCUT2D eigenvalue weighted by atomic mass is 10.1. The van der Waals surface area contributed by atoms with Crippen molar-refractivity contribution in [1.82, 2.24) is 8.87 Å². The number of aromatic nitrogens is 1. The highest BCUT2D eigenvalue weighted by atomic mass is 79.9. The van der Waals surface area contributed by atoms with Crippen molar-refractivity contribution in [1.29, 1.82) is 0 Å². The molecule has 9 heteroatoms. The van der Waals surface area contributed by atoms with Crippen molar-refractivity contribution >= 4 is 48.5 Å². The van der Waals surface area contributed by atoms with E-state index >= 15 is 0 Å². The molecule has 0 spiro atoms. The van der Waals surface area contributed by atoms with Crippen molar-refractivity contribution < 1.29 is 17.5 Å². The van der Waals surface area contributed by atoms with Crippen LogP contribution in [0.25, 0.3) is 22.2 Å². The first-order chi connectivity index (χ1) is 15.7. The second-order valence-electron chi connectivity index (χ2n) is 7.70. The van der Waals surface area contributed by atoms with Crippen LogP contribution in [-0.2, 0) is 10.0 Å². The van der Waals surface area contributed by atoms with Gasteiger partial charge >= 0.3 is 0 Å². The summed E-state index contributed by atoms with van der Waals surface area (Å²) in [4.78, 5) is 1.93. The smallest absolute Gasteiger partial charge is 0.268 e. The first kappa shape index (κ1) is 23.8. The molecule has 0 bridgehead atoms. The number of hydrogen-bond donors (Lipinski definition) is 0. The topological polar surface area (TPSA) is 51.5 Å². The van der Waals surface area contributed by atoms with Crippen LogP contribution in [0.5, 0.6) is 5.75 Å². The van der Waals surface area contributed by atoms with Crippen molar-refractivity contribution in [2.75, 3.05) is 27.2 Å². The Kier molecular flexibility index (Phi) is 6.81. The predicted molar refractivity (Wildman–Crippen MR) is 133 cm³/mol. The first-order valence-corrected chi connectivity index (χ1v) is 12.7. The monoisotopic (exact) mass is 550 g/mol. The number of rotatable bonds is 7. The maximum atomic E-state index is 13.9. The lowest BCUT2D eigenvalue weighted by molar-refractivity contribution is 0.264. The maximum absolute atomic E-state index is 13.9. The second-order valence-corrected chi connectivity index (χ2v) is 10.8. The molecule has 4 rings (SSSR count). The Morgan fingerprint density at radius 2 is 1.73 bits per heavy atom. The third-order valence-corrected chi connectivity index (χ3v) is 7.61. The zero-order valence-corrected chi connectivity index (χ0v) is 21.1. The number of hydrogen-bond acceptors (Lipinski definition) is 4. The van der Waals surface area contributed by atoms with E-state index in [1.54, 1.807) is 12.1 Å². The Morgan fingerprint density at radius 3 is 2.36 bits per heavy atom. The van der Waals surface area contributed by atoms with Gasteiger partial charge in [0.2, 0.25) is 0 Å². The van der Waals surface area contributed by atoms with E-state index < -0.39 is 15.8 Å². The second kappa shape index (κ2) is 9.46. The van der Waals surface area contributed by atoms with Gasteiger partial charge < -0.3 is 9.64 Å². The van der Waals surface area contributed by atoms with Crippen LogP contribution in [0.1, 0.15) is 0 Å². The van der Waals surface area contributed by atoms with Gasteiger partial charge in [-0.25, -0.2) is 16.8 Å². The molecule has 0 radical (unpaired) electrons. The molecule has 0 aliphatic rings. The molecule has 0 amide bonds. The van der Waals surface area contributed by atoms with E-state index in [0.29, 0.717) is 50.6 Å². The molecular weight excluding hydrogens is 531 g/mol. The SMILES string of the molecule is CN(C)CCOc1c(-c2ccccc2)n(S(=O)(=O)c2ccc(F)cc2)c2c(Br)cc(Cl)cc12. The Labute approximate surface area is 205 Å². The number of likely N-dealkylation sites (N-methyl/N-ethyl adjacent to an activating group) is 1. The molecule has 33 heavy (non-hydrogen) atoms. The van der Waals surface area contributed by atoms with Gasteiger partial charge in [-0.15, -0.1) is 0 Å². The minimum Gasteiger partial charge on any atom is -0.489 e. The minimum atomic E-state index is -4.13. The molecule has 3 aromatic carbocycles. The molecule has 0 fully saturated rings. The number of benzene rings is 3. The third-order valence-electron chi connectivity index (χ3n) is 5.08. The third kappa shape index (κ3) is 4.66. The standard InChI is InChI=1S/C24H21BrClFN2O3S/c1-28(2)12-13-32-24-20-14-17(26)15-21(25)23(20)29(22(24)16-6-4-3-5-7-16)33(30,31)19-10-8-18(27)9-11-19/h3-11,14-15H,12-13H2,1-2H3. The quantitative estimate of drug-likeness (QED) is 0.281. The molecular formula is C24H21BrClFN2O3S. The van der Waals surface area contributed by atoms with Gasteiger partial charge in [0.25, 0.3) is 10.0 Å². The average molecular weight is 552 g/mol. The molecule has 1 heterocycles. The summed E-state index contributed by atoms with van der Waals surface area (Å²) in [7, 11) is -0.275. The van der Waals surface area contributed by atoms with Crippen molar-refractivity contribution in [3.63, 3.8) is 0 Å². The zero-order chi connectivity index (χ0) is 23.8. The van der Waals surface area contributed by atoms with Gasteiger partial charge in [0.15, 0.2) is 5.75 Å². The van der Waals surface area contributed by atoms with Gasteiger partial charge in [0.05, 0.1) is 10.4 Å². The molecule has 0 unspecified atom stereocenters. The van der Waals surface area contributed by atoms with E-state index in [2.05, 4.69) is 15.9 Å². The van der Waals surface area contributed by atoms with Crippen LogP contribution in [-0.4, -0.2) is 44.5 Å². The first-order valence-electron chi connectivity index (χ1n) is 10.1. The molecule has 0 saturated carbocycles. The van der Waals surface area contributed by atoms with E-state index in [1.165, 1.54) is 16.1 Å². The molecule has 0 N–H and O–H groups in total. The van der Waals surface area contributed by atoms with Crippen molar-refractivity contribution in [3.05, 3.63) is 82.0 Å². The van der Waals surface area contributed by atoms with Crippen LogP contribution >= 0.6 is 27.5 Å². The van der Waals surface area contributed by atoms with Crippen LogP contribution in [0.3, 0.4) is 0 Å². The summed E-state index contributed by atoms with van der Waals surface area (Å²) in [5.41, 5.74) is 1.42. The van der Waals surface area contributed by atoms with Gasteiger partial charge in [0, 0.05) is 27.0 Å². The highest BCUT2D eigenvalue weighted by molar-refractivity contribution is 9.10. The van der Waals surface area contributed by atoms with E-state index in [-0.39, 0.29) is 4.90 Å². The summed E-state index contributed by atoms with van der Waals surface area (Å²) in [6.07, 6.45) is 0. The molecule has 0 atom stereocenters. The Morgan fingerprint density at radius 1 is 1.06 bits per heavy atom. The Balaban J connectivity index is 2.09. The fourth-order valence-corrected chi connectivity index (χ4v) is 6.21. The predicted octanol–water partition coefficient (Wildman–Crippen LogP) is 6.04. The summed E-state index contributed by atoms with van der Waals surface area (Å²) in [6, 6.07) is 17.2. The number of halogens is 3. The van der Waals surface area contributed by atoms with Crippen LogP contribution < -0.4 is 4.74 Å². The fourth-order valence-electron chi connectivity index (χ4n) is 3.55. The van der Waals surface area contributed by atoms with Crippen molar-refractivity contribution in [2.45, 2.75) is 4.90 Å². The van der Waals surface area contributed by atoms with Gasteiger partial charge in [-0.3, -0.25) is 0 Å². The van der Waals surface area contributed by atoms with E-state index in [1.807, 2.05) is 49.3 Å². The van der Waals surface area contributed by atoms with Gasteiger partial charge in [0.1, 0.15) is 18.1 Å². The van der Waals surface area contributed by atoms with E-state index in [4.69, 9.17) is 16.3 Å². The lowest BCUT2D eigenvalue weighted by Gasteiger charge is -2.15. The summed E-state index contributed by atoms with van der Waals surface area (Å²) in [5.74, 6) is -0.109. The summed E-state index contributed by atoms with van der Waals surface area (Å²) < 4.78 is 49.3. The average Bonchev–Trinajstić information content (AvgIpc) is 3.10. The van der Waals surface area contributed by atoms with Gasteiger partial charge in [-0.2, -0.15) is 0 Å². The minimum absolute atomic E-state index is 0.0420. The van der Waals surface area contributed by atoms with Gasteiger partial charge in [-0.05, 0) is 66.4 Å². The number of fused-ring (bicyclic) bond motifs is 1. The fraction of sp³-hybridized carbons (Fsp3) is 0.167. The maximum Gasteiger partial charge on any atom is 0.268 e. The van der Waals surface area contributed by atoms with Crippen molar-refractivity contribution in [2.24, 2.45) is 0 Å². The Hall–Kier alpha value is -2.39. The zero-order valence-electron chi connectivity index (χ0n) is 17.9.